The van der Waals surface area contributed by atoms with Crippen molar-refractivity contribution >= 4 is 53.3 Å². The second-order valence-corrected chi connectivity index (χ2v) is 9.69. The molecule has 2 heterocycles. The Hall–Kier alpha value is -1.21. The van der Waals surface area contributed by atoms with Gasteiger partial charge in [-0.3, -0.25) is 4.90 Å². The Morgan fingerprint density at radius 1 is 1.00 bits per heavy atom. The fourth-order valence-corrected chi connectivity index (χ4v) is 4.88. The van der Waals surface area contributed by atoms with Gasteiger partial charge in [-0.05, 0) is 48.7 Å². The van der Waals surface area contributed by atoms with Gasteiger partial charge in [-0.1, -0.05) is 53.0 Å². The average Bonchev–Trinajstić information content (AvgIpc) is 2.91. The standard InChI is InChI=1S/C23H25Cl3N2O3.ClH/c1-22(30)23(31-21(29)28(22)15-17-4-7-19(25)20(26)14-17)9-12-27(13-10-23)11-8-16-2-5-18(24)6-3-16;/h2-7,14,30H,8-13,15H2,1H3;1H. The number of amides is 1. The van der Waals surface area contributed by atoms with Crippen LogP contribution in [0.4, 0.5) is 4.79 Å². The van der Waals surface area contributed by atoms with Crippen molar-refractivity contribution in [3.05, 3.63) is 68.7 Å². The summed E-state index contributed by atoms with van der Waals surface area (Å²) in [6, 6.07) is 13.1. The van der Waals surface area contributed by atoms with Crippen LogP contribution in [-0.2, 0) is 17.7 Å². The number of benzene rings is 2. The van der Waals surface area contributed by atoms with Crippen LogP contribution in [-0.4, -0.2) is 52.0 Å². The molecule has 5 nitrogen and oxygen atoms in total. The summed E-state index contributed by atoms with van der Waals surface area (Å²) in [5, 5.41) is 13.0. The zero-order valence-corrected chi connectivity index (χ0v) is 20.8. The van der Waals surface area contributed by atoms with Crippen LogP contribution in [0.3, 0.4) is 0 Å². The molecule has 2 aliphatic heterocycles. The monoisotopic (exact) mass is 518 g/mol. The van der Waals surface area contributed by atoms with Gasteiger partial charge in [-0.25, -0.2) is 4.79 Å². The molecule has 1 spiro atoms. The van der Waals surface area contributed by atoms with Crippen LogP contribution in [0.15, 0.2) is 42.5 Å². The summed E-state index contributed by atoms with van der Waals surface area (Å²) in [5.41, 5.74) is -0.323. The van der Waals surface area contributed by atoms with E-state index in [0.29, 0.717) is 22.9 Å². The molecule has 1 amide bonds. The third-order valence-electron chi connectivity index (χ3n) is 6.51. The van der Waals surface area contributed by atoms with Crippen LogP contribution in [0.5, 0.6) is 0 Å². The summed E-state index contributed by atoms with van der Waals surface area (Å²) in [6.45, 7) is 4.26. The molecule has 2 aromatic carbocycles. The first-order valence-electron chi connectivity index (χ1n) is 10.3. The predicted molar refractivity (Wildman–Crippen MR) is 130 cm³/mol. The Morgan fingerprint density at radius 3 is 2.25 bits per heavy atom. The SMILES string of the molecule is CC1(O)N(Cc2ccc(Cl)c(Cl)c2)C(=O)OC12CCN(CCc1ccc(Cl)cc1)CC2.Cl. The highest BCUT2D eigenvalue weighted by atomic mass is 35.5. The van der Waals surface area contributed by atoms with Crippen molar-refractivity contribution in [1.82, 2.24) is 9.80 Å². The summed E-state index contributed by atoms with van der Waals surface area (Å²) < 4.78 is 5.80. The van der Waals surface area contributed by atoms with Crippen LogP contribution in [0.25, 0.3) is 0 Å². The van der Waals surface area contributed by atoms with E-state index in [0.717, 1.165) is 36.6 Å². The summed E-state index contributed by atoms with van der Waals surface area (Å²) in [4.78, 5) is 16.4. The summed E-state index contributed by atoms with van der Waals surface area (Å²) in [7, 11) is 0. The van der Waals surface area contributed by atoms with Crippen molar-refractivity contribution in [3.8, 4) is 0 Å². The van der Waals surface area contributed by atoms with Gasteiger partial charge in [0.05, 0.1) is 16.6 Å². The van der Waals surface area contributed by atoms with Crippen LogP contribution in [0.2, 0.25) is 15.1 Å². The van der Waals surface area contributed by atoms with Crippen molar-refractivity contribution < 1.29 is 14.6 Å². The van der Waals surface area contributed by atoms with Gasteiger partial charge in [0.15, 0.2) is 11.3 Å². The fourth-order valence-electron chi connectivity index (χ4n) is 4.43. The molecule has 9 heteroatoms. The van der Waals surface area contributed by atoms with Crippen LogP contribution < -0.4 is 0 Å². The van der Waals surface area contributed by atoms with Gasteiger partial charge in [0.2, 0.25) is 0 Å². The average molecular weight is 520 g/mol. The molecule has 2 aliphatic rings. The lowest BCUT2D eigenvalue weighted by atomic mass is 9.82. The second kappa shape index (κ2) is 9.96. The van der Waals surface area contributed by atoms with Crippen molar-refractivity contribution in [1.29, 1.82) is 0 Å². The lowest BCUT2D eigenvalue weighted by Gasteiger charge is -2.45. The molecule has 0 saturated carbocycles. The molecule has 0 aliphatic carbocycles. The quantitative estimate of drug-likeness (QED) is 0.541. The number of carbonyl (C=O) groups excluding carboxylic acids is 1. The van der Waals surface area contributed by atoms with E-state index in [9.17, 15) is 9.90 Å². The minimum Gasteiger partial charge on any atom is -0.437 e. The van der Waals surface area contributed by atoms with E-state index < -0.39 is 17.4 Å². The number of likely N-dealkylation sites (tertiary alicyclic amines) is 1. The van der Waals surface area contributed by atoms with Crippen LogP contribution in [0.1, 0.15) is 30.9 Å². The molecule has 2 saturated heterocycles. The third-order valence-corrected chi connectivity index (χ3v) is 7.50. The first-order chi connectivity index (χ1) is 14.7. The summed E-state index contributed by atoms with van der Waals surface area (Å²) >= 11 is 18.0. The van der Waals surface area contributed by atoms with E-state index in [1.807, 2.05) is 24.3 Å². The van der Waals surface area contributed by atoms with Gasteiger partial charge in [0.1, 0.15) is 0 Å². The molecule has 2 fully saturated rings. The molecule has 0 bridgehead atoms. The van der Waals surface area contributed by atoms with Gasteiger partial charge in [-0.15, -0.1) is 12.4 Å². The molecular weight excluding hydrogens is 494 g/mol. The molecule has 1 unspecified atom stereocenters. The molecule has 0 radical (unpaired) electrons. The van der Waals surface area contributed by atoms with Crippen molar-refractivity contribution in [2.45, 2.75) is 44.1 Å². The van der Waals surface area contributed by atoms with Gasteiger partial charge in [0.25, 0.3) is 0 Å². The minimum atomic E-state index is -1.42. The maximum atomic E-state index is 12.7. The number of hydrogen-bond donors (Lipinski definition) is 1. The highest BCUT2D eigenvalue weighted by Gasteiger charge is 2.62. The molecule has 4 rings (SSSR count). The van der Waals surface area contributed by atoms with Gasteiger partial charge >= 0.3 is 6.09 Å². The summed E-state index contributed by atoms with van der Waals surface area (Å²) in [6.07, 6.45) is 1.56. The molecular formula is C23H26Cl4N2O3. The fraction of sp³-hybridized carbons (Fsp3) is 0.435. The lowest BCUT2D eigenvalue weighted by molar-refractivity contribution is -0.166. The third kappa shape index (κ3) is 4.98. The highest BCUT2D eigenvalue weighted by Crippen LogP contribution is 2.45. The van der Waals surface area contributed by atoms with E-state index >= 15 is 0 Å². The number of hydrogen-bond acceptors (Lipinski definition) is 4. The summed E-state index contributed by atoms with van der Waals surface area (Å²) in [5.74, 6) is 0. The number of carbonyl (C=O) groups is 1. The van der Waals surface area contributed by atoms with Crippen molar-refractivity contribution in [2.24, 2.45) is 0 Å². The van der Waals surface area contributed by atoms with E-state index in [4.69, 9.17) is 39.5 Å². The highest BCUT2D eigenvalue weighted by molar-refractivity contribution is 6.42. The topological polar surface area (TPSA) is 53.0 Å². The Kier molecular flexibility index (Phi) is 7.91. The molecule has 32 heavy (non-hydrogen) atoms. The Bertz CT molecular complexity index is 960. The van der Waals surface area contributed by atoms with Crippen LogP contribution in [0, 0.1) is 0 Å². The number of halogens is 4. The Morgan fingerprint density at radius 2 is 1.62 bits per heavy atom. The zero-order chi connectivity index (χ0) is 22.2. The maximum absolute atomic E-state index is 12.7. The molecule has 174 valence electrons. The number of ether oxygens (including phenoxy) is 1. The smallest absolute Gasteiger partial charge is 0.413 e. The van der Waals surface area contributed by atoms with Gasteiger partial charge < -0.3 is 14.7 Å². The molecule has 0 aromatic heterocycles. The molecule has 2 aromatic rings. The predicted octanol–water partition coefficient (Wildman–Crippen LogP) is 5.81. The van der Waals surface area contributed by atoms with Gasteiger partial charge in [0, 0.05) is 37.5 Å². The largest absolute Gasteiger partial charge is 0.437 e. The van der Waals surface area contributed by atoms with Gasteiger partial charge in [-0.2, -0.15) is 0 Å². The van der Waals surface area contributed by atoms with Crippen molar-refractivity contribution in [3.63, 3.8) is 0 Å². The van der Waals surface area contributed by atoms with E-state index in [-0.39, 0.29) is 19.0 Å². The van der Waals surface area contributed by atoms with E-state index in [1.165, 1.54) is 10.5 Å². The molecule has 1 atom stereocenters. The normalized spacial score (nSPS) is 22.7. The second-order valence-electron chi connectivity index (χ2n) is 8.44. The lowest BCUT2D eigenvalue weighted by Crippen LogP contribution is -2.60. The number of aliphatic hydroxyl groups is 1. The van der Waals surface area contributed by atoms with E-state index in [1.54, 1.807) is 25.1 Å². The molecule has 1 N–H and O–H groups in total. The minimum absolute atomic E-state index is 0. The van der Waals surface area contributed by atoms with E-state index in [2.05, 4.69) is 4.90 Å². The maximum Gasteiger partial charge on any atom is 0.413 e. The number of nitrogens with zero attached hydrogens (tertiary/aromatic N) is 2. The van der Waals surface area contributed by atoms with Crippen molar-refractivity contribution in [2.75, 3.05) is 19.6 Å². The Balaban J connectivity index is 0.00000289. The number of rotatable bonds is 5. The zero-order valence-electron chi connectivity index (χ0n) is 17.7. The first-order valence-corrected chi connectivity index (χ1v) is 11.5. The first kappa shape index (κ1) is 25.4. The van der Waals surface area contributed by atoms with Crippen LogP contribution >= 0.6 is 47.2 Å². The number of piperidine rings is 1. The Labute approximate surface area is 209 Å².